The zero-order valence-corrected chi connectivity index (χ0v) is 16.6. The third-order valence-electron chi connectivity index (χ3n) is 5.40. The van der Waals surface area contributed by atoms with E-state index in [9.17, 15) is 4.79 Å². The number of para-hydroxylation sites is 2. The van der Waals surface area contributed by atoms with E-state index in [1.807, 2.05) is 48.5 Å². The molecule has 0 bridgehead atoms. The SMILES string of the molecule is COc1ccccc1[C@H](CNC(=O)c1cnn(-c2ccccc2)c1)N1CCCC1. The van der Waals surface area contributed by atoms with Crippen molar-refractivity contribution in [3.05, 3.63) is 78.1 Å². The van der Waals surface area contributed by atoms with Crippen LogP contribution in [0.2, 0.25) is 0 Å². The number of hydrogen-bond acceptors (Lipinski definition) is 4. The first-order chi connectivity index (χ1) is 14.3. The van der Waals surface area contributed by atoms with E-state index in [4.69, 9.17) is 4.74 Å². The molecule has 1 aliphatic heterocycles. The molecule has 0 aliphatic carbocycles. The molecule has 0 radical (unpaired) electrons. The maximum absolute atomic E-state index is 12.8. The number of benzene rings is 2. The summed E-state index contributed by atoms with van der Waals surface area (Å²) in [5.74, 6) is 0.738. The molecular weight excluding hydrogens is 364 g/mol. The van der Waals surface area contributed by atoms with E-state index in [1.165, 1.54) is 12.8 Å². The molecule has 29 heavy (non-hydrogen) atoms. The van der Waals surface area contributed by atoms with Gasteiger partial charge in [0.15, 0.2) is 0 Å². The molecule has 1 N–H and O–H groups in total. The first-order valence-corrected chi connectivity index (χ1v) is 10.0. The van der Waals surface area contributed by atoms with Crippen molar-refractivity contribution in [2.45, 2.75) is 18.9 Å². The first kappa shape index (κ1) is 19.2. The summed E-state index contributed by atoms with van der Waals surface area (Å²) in [6, 6.07) is 17.9. The fourth-order valence-corrected chi connectivity index (χ4v) is 3.88. The van der Waals surface area contributed by atoms with Crippen LogP contribution >= 0.6 is 0 Å². The molecular formula is C23H26N4O2. The molecule has 2 aromatic carbocycles. The predicted molar refractivity (Wildman–Crippen MR) is 112 cm³/mol. The molecule has 6 heteroatoms. The number of aromatic nitrogens is 2. The van der Waals surface area contributed by atoms with Gasteiger partial charge in [-0.05, 0) is 44.1 Å². The Labute approximate surface area is 171 Å². The Morgan fingerprint density at radius 3 is 2.59 bits per heavy atom. The Bertz CT molecular complexity index is 948. The molecule has 0 spiro atoms. The number of nitrogens with zero attached hydrogens (tertiary/aromatic N) is 3. The van der Waals surface area contributed by atoms with Crippen molar-refractivity contribution in [1.82, 2.24) is 20.0 Å². The van der Waals surface area contributed by atoms with Gasteiger partial charge in [0.25, 0.3) is 5.91 Å². The maximum atomic E-state index is 12.8. The van der Waals surface area contributed by atoms with E-state index in [0.717, 1.165) is 30.1 Å². The van der Waals surface area contributed by atoms with Crippen LogP contribution in [0.5, 0.6) is 5.75 Å². The van der Waals surface area contributed by atoms with E-state index >= 15 is 0 Å². The van der Waals surface area contributed by atoms with E-state index in [-0.39, 0.29) is 11.9 Å². The third kappa shape index (κ3) is 4.32. The van der Waals surface area contributed by atoms with Gasteiger partial charge < -0.3 is 10.1 Å². The molecule has 1 aromatic heterocycles. The molecule has 1 amide bonds. The molecule has 1 saturated heterocycles. The number of nitrogens with one attached hydrogen (secondary N) is 1. The Kier molecular flexibility index (Phi) is 5.91. The van der Waals surface area contributed by atoms with E-state index in [1.54, 1.807) is 24.2 Å². The van der Waals surface area contributed by atoms with Gasteiger partial charge in [0, 0.05) is 18.3 Å². The summed E-state index contributed by atoms with van der Waals surface area (Å²) in [6.45, 7) is 2.59. The maximum Gasteiger partial charge on any atom is 0.254 e. The quantitative estimate of drug-likeness (QED) is 0.671. The summed E-state index contributed by atoms with van der Waals surface area (Å²) in [5.41, 5.74) is 2.58. The zero-order chi connectivity index (χ0) is 20.1. The van der Waals surface area contributed by atoms with Gasteiger partial charge in [-0.3, -0.25) is 9.69 Å². The number of methoxy groups -OCH3 is 1. The summed E-state index contributed by atoms with van der Waals surface area (Å²) in [6.07, 6.45) is 5.74. The van der Waals surface area contributed by atoms with Crippen LogP contribution in [0.15, 0.2) is 67.0 Å². The third-order valence-corrected chi connectivity index (χ3v) is 5.40. The Hall–Kier alpha value is -3.12. The number of ether oxygens (including phenoxy) is 1. The molecule has 4 rings (SSSR count). The minimum atomic E-state index is -0.119. The summed E-state index contributed by atoms with van der Waals surface area (Å²) in [4.78, 5) is 15.2. The second kappa shape index (κ2) is 8.92. The monoisotopic (exact) mass is 390 g/mol. The lowest BCUT2D eigenvalue weighted by atomic mass is 10.0. The van der Waals surface area contributed by atoms with Crippen molar-refractivity contribution in [1.29, 1.82) is 0 Å². The molecule has 0 unspecified atom stereocenters. The largest absolute Gasteiger partial charge is 0.496 e. The van der Waals surface area contributed by atoms with Crippen molar-refractivity contribution < 1.29 is 9.53 Å². The minimum absolute atomic E-state index is 0.0850. The van der Waals surface area contributed by atoms with E-state index in [2.05, 4.69) is 21.4 Å². The van der Waals surface area contributed by atoms with Crippen LogP contribution in [0.3, 0.4) is 0 Å². The summed E-state index contributed by atoms with van der Waals surface area (Å²) in [5, 5.41) is 7.42. The standard InChI is InChI=1S/C23H26N4O2/c1-29-22-12-6-5-11-20(22)21(26-13-7-8-14-26)16-24-23(28)18-15-25-27(17-18)19-9-3-2-4-10-19/h2-6,9-12,15,17,21H,7-8,13-14,16H2,1H3,(H,24,28)/t21-/m0/s1. The van der Waals surface area contributed by atoms with Crippen molar-refractivity contribution in [2.75, 3.05) is 26.7 Å². The number of carbonyl (C=O) groups excluding carboxylic acids is 1. The van der Waals surface area contributed by atoms with Gasteiger partial charge in [-0.1, -0.05) is 36.4 Å². The molecule has 2 heterocycles. The minimum Gasteiger partial charge on any atom is -0.496 e. The Morgan fingerprint density at radius 1 is 1.10 bits per heavy atom. The number of likely N-dealkylation sites (tertiary alicyclic amines) is 1. The van der Waals surface area contributed by atoms with Crippen molar-refractivity contribution >= 4 is 5.91 Å². The van der Waals surface area contributed by atoms with Crippen LogP contribution in [0.4, 0.5) is 0 Å². The van der Waals surface area contributed by atoms with Gasteiger partial charge in [0.2, 0.25) is 0 Å². The molecule has 150 valence electrons. The van der Waals surface area contributed by atoms with Crippen LogP contribution in [-0.2, 0) is 0 Å². The van der Waals surface area contributed by atoms with Gasteiger partial charge in [0.1, 0.15) is 5.75 Å². The second-order valence-electron chi connectivity index (χ2n) is 7.22. The van der Waals surface area contributed by atoms with Crippen molar-refractivity contribution in [2.24, 2.45) is 0 Å². The summed E-state index contributed by atoms with van der Waals surface area (Å²) in [7, 11) is 1.69. The highest BCUT2D eigenvalue weighted by Gasteiger charge is 2.26. The van der Waals surface area contributed by atoms with Crippen molar-refractivity contribution in [3.63, 3.8) is 0 Å². The Morgan fingerprint density at radius 2 is 1.83 bits per heavy atom. The highest BCUT2D eigenvalue weighted by Crippen LogP contribution is 2.31. The van der Waals surface area contributed by atoms with Crippen LogP contribution in [-0.4, -0.2) is 47.3 Å². The van der Waals surface area contributed by atoms with Crippen LogP contribution < -0.4 is 10.1 Å². The van der Waals surface area contributed by atoms with Gasteiger partial charge >= 0.3 is 0 Å². The summed E-state index contributed by atoms with van der Waals surface area (Å²) >= 11 is 0. The smallest absolute Gasteiger partial charge is 0.254 e. The normalized spacial score (nSPS) is 15.2. The van der Waals surface area contributed by atoms with E-state index in [0.29, 0.717) is 12.1 Å². The second-order valence-corrected chi connectivity index (χ2v) is 7.22. The first-order valence-electron chi connectivity index (χ1n) is 10.0. The molecule has 1 atom stereocenters. The summed E-state index contributed by atoms with van der Waals surface area (Å²) < 4.78 is 7.29. The highest BCUT2D eigenvalue weighted by molar-refractivity contribution is 5.93. The lowest BCUT2D eigenvalue weighted by molar-refractivity contribution is 0.0937. The average Bonchev–Trinajstić information content (AvgIpc) is 3.47. The van der Waals surface area contributed by atoms with Gasteiger partial charge in [-0.2, -0.15) is 5.10 Å². The molecule has 1 fully saturated rings. The lowest BCUT2D eigenvalue weighted by Crippen LogP contribution is -2.37. The van der Waals surface area contributed by atoms with Crippen LogP contribution in [0.25, 0.3) is 5.69 Å². The van der Waals surface area contributed by atoms with E-state index < -0.39 is 0 Å². The fourth-order valence-electron chi connectivity index (χ4n) is 3.88. The topological polar surface area (TPSA) is 59.4 Å². The number of carbonyl (C=O) groups is 1. The van der Waals surface area contributed by atoms with Gasteiger partial charge in [-0.15, -0.1) is 0 Å². The molecule has 1 aliphatic rings. The molecule has 0 saturated carbocycles. The predicted octanol–water partition coefficient (Wildman–Crippen LogP) is 3.45. The number of rotatable bonds is 7. The van der Waals surface area contributed by atoms with Crippen molar-refractivity contribution in [3.8, 4) is 11.4 Å². The molecule has 6 nitrogen and oxygen atoms in total. The molecule has 3 aromatic rings. The Balaban J connectivity index is 1.49. The van der Waals surface area contributed by atoms with Crippen LogP contribution in [0, 0.1) is 0 Å². The highest BCUT2D eigenvalue weighted by atomic mass is 16.5. The average molecular weight is 390 g/mol. The number of amides is 1. The fraction of sp³-hybridized carbons (Fsp3) is 0.304. The van der Waals surface area contributed by atoms with Gasteiger partial charge in [0.05, 0.1) is 30.6 Å². The lowest BCUT2D eigenvalue weighted by Gasteiger charge is -2.29. The number of hydrogen-bond donors (Lipinski definition) is 1. The van der Waals surface area contributed by atoms with Gasteiger partial charge in [-0.25, -0.2) is 4.68 Å². The van der Waals surface area contributed by atoms with Crippen LogP contribution in [0.1, 0.15) is 34.8 Å². The zero-order valence-electron chi connectivity index (χ0n) is 16.6.